The molecule has 126 valence electrons. The van der Waals surface area contributed by atoms with E-state index in [9.17, 15) is 9.59 Å². The number of halogens is 1. The van der Waals surface area contributed by atoms with Crippen molar-refractivity contribution in [2.24, 2.45) is 0 Å². The molecule has 1 aliphatic heterocycles. The van der Waals surface area contributed by atoms with Gasteiger partial charge in [0.25, 0.3) is 5.91 Å². The standard InChI is InChI=1S/C17H17IN2O3S/c1-20-8-7-12-13(9-20)24-16(14(12)17(22)23-2)19-15(21)10-3-5-11(18)6-4-10/h3-6H,7-9H2,1-2H3,(H,19,21). The third-order valence-electron chi connectivity index (χ3n) is 3.97. The normalized spacial score (nSPS) is 14.1. The van der Waals surface area contributed by atoms with E-state index in [4.69, 9.17) is 4.74 Å². The molecule has 3 rings (SSSR count). The van der Waals surface area contributed by atoms with Crippen LogP contribution in [0.3, 0.4) is 0 Å². The predicted molar refractivity (Wildman–Crippen MR) is 103 cm³/mol. The Balaban J connectivity index is 1.93. The number of esters is 1. The minimum absolute atomic E-state index is 0.219. The summed E-state index contributed by atoms with van der Waals surface area (Å²) in [6.45, 7) is 1.67. The zero-order valence-corrected chi connectivity index (χ0v) is 16.4. The number of methoxy groups -OCH3 is 1. The van der Waals surface area contributed by atoms with Gasteiger partial charge in [0, 0.05) is 27.1 Å². The number of ether oxygens (including phenoxy) is 1. The summed E-state index contributed by atoms with van der Waals surface area (Å²) in [6.07, 6.45) is 0.784. The molecule has 24 heavy (non-hydrogen) atoms. The van der Waals surface area contributed by atoms with Gasteiger partial charge in [0.1, 0.15) is 5.00 Å². The van der Waals surface area contributed by atoms with Crippen LogP contribution in [-0.4, -0.2) is 37.5 Å². The van der Waals surface area contributed by atoms with Gasteiger partial charge in [-0.05, 0) is 65.9 Å². The maximum Gasteiger partial charge on any atom is 0.341 e. The zero-order valence-electron chi connectivity index (χ0n) is 13.4. The van der Waals surface area contributed by atoms with Gasteiger partial charge in [0.2, 0.25) is 0 Å². The molecule has 0 saturated heterocycles. The van der Waals surface area contributed by atoms with Gasteiger partial charge in [-0.3, -0.25) is 4.79 Å². The molecule has 2 heterocycles. The number of likely N-dealkylation sites (N-methyl/N-ethyl adjacent to an activating group) is 1. The summed E-state index contributed by atoms with van der Waals surface area (Å²) in [6, 6.07) is 7.31. The smallest absolute Gasteiger partial charge is 0.341 e. The van der Waals surface area contributed by atoms with Gasteiger partial charge in [-0.25, -0.2) is 4.79 Å². The number of fused-ring (bicyclic) bond motifs is 1. The highest BCUT2D eigenvalue weighted by atomic mass is 127. The number of nitrogens with one attached hydrogen (secondary N) is 1. The summed E-state index contributed by atoms with van der Waals surface area (Å²) >= 11 is 3.65. The molecule has 5 nitrogen and oxygen atoms in total. The first-order valence-electron chi connectivity index (χ1n) is 7.48. The average molecular weight is 456 g/mol. The summed E-state index contributed by atoms with van der Waals surface area (Å²) in [7, 11) is 3.41. The van der Waals surface area contributed by atoms with Gasteiger partial charge in [-0.2, -0.15) is 0 Å². The second kappa shape index (κ2) is 7.20. The molecule has 1 aromatic carbocycles. The Morgan fingerprint density at radius 1 is 1.29 bits per heavy atom. The van der Waals surface area contributed by atoms with Crippen LogP contribution in [0.4, 0.5) is 5.00 Å². The number of thiophene rings is 1. The zero-order chi connectivity index (χ0) is 17.3. The minimum atomic E-state index is -0.394. The van der Waals surface area contributed by atoms with Crippen LogP contribution in [0.15, 0.2) is 24.3 Å². The number of rotatable bonds is 3. The molecule has 0 bridgehead atoms. The first-order valence-corrected chi connectivity index (χ1v) is 9.37. The van der Waals surface area contributed by atoms with Gasteiger partial charge in [0.05, 0.1) is 12.7 Å². The second-order valence-electron chi connectivity index (χ2n) is 5.65. The number of amides is 1. The number of anilines is 1. The fraction of sp³-hybridized carbons (Fsp3) is 0.294. The number of nitrogens with zero attached hydrogens (tertiary/aromatic N) is 1. The van der Waals surface area contributed by atoms with Crippen LogP contribution >= 0.6 is 33.9 Å². The van der Waals surface area contributed by atoms with Crippen LogP contribution in [0.5, 0.6) is 0 Å². The molecule has 1 aliphatic rings. The Kier molecular flexibility index (Phi) is 5.21. The lowest BCUT2D eigenvalue weighted by molar-refractivity contribution is 0.0600. The van der Waals surface area contributed by atoms with Crippen molar-refractivity contribution in [2.45, 2.75) is 13.0 Å². The molecule has 0 atom stereocenters. The van der Waals surface area contributed by atoms with Crippen LogP contribution in [0.1, 0.15) is 31.2 Å². The van der Waals surface area contributed by atoms with E-state index in [1.807, 2.05) is 19.2 Å². The molecule has 0 spiro atoms. The van der Waals surface area contributed by atoms with Gasteiger partial charge in [0.15, 0.2) is 0 Å². The molecule has 0 unspecified atom stereocenters. The minimum Gasteiger partial charge on any atom is -0.465 e. The maximum absolute atomic E-state index is 12.5. The van der Waals surface area contributed by atoms with Crippen molar-refractivity contribution in [1.82, 2.24) is 4.90 Å². The molecule has 1 aromatic heterocycles. The van der Waals surface area contributed by atoms with Crippen molar-refractivity contribution in [3.05, 3.63) is 49.4 Å². The molecule has 0 saturated carbocycles. The summed E-state index contributed by atoms with van der Waals surface area (Å²) in [4.78, 5) is 28.0. The Bertz CT molecular complexity index is 786. The molecular weight excluding hydrogens is 439 g/mol. The van der Waals surface area contributed by atoms with E-state index < -0.39 is 5.97 Å². The quantitative estimate of drug-likeness (QED) is 0.569. The largest absolute Gasteiger partial charge is 0.465 e. The van der Waals surface area contributed by atoms with Gasteiger partial charge in [-0.1, -0.05) is 0 Å². The number of carbonyl (C=O) groups excluding carboxylic acids is 2. The van der Waals surface area contributed by atoms with Gasteiger partial charge in [-0.15, -0.1) is 11.3 Å². The van der Waals surface area contributed by atoms with Crippen molar-refractivity contribution in [2.75, 3.05) is 26.0 Å². The average Bonchev–Trinajstić information content (AvgIpc) is 2.91. The summed E-state index contributed by atoms with van der Waals surface area (Å²) < 4.78 is 6.00. The lowest BCUT2D eigenvalue weighted by Gasteiger charge is -2.22. The van der Waals surface area contributed by atoms with Crippen molar-refractivity contribution in [3.63, 3.8) is 0 Å². The fourth-order valence-corrected chi connectivity index (χ4v) is 4.38. The van der Waals surface area contributed by atoms with Crippen LogP contribution < -0.4 is 5.32 Å². The SMILES string of the molecule is COC(=O)c1c(NC(=O)c2ccc(I)cc2)sc2c1CCN(C)C2. The molecule has 7 heteroatoms. The highest BCUT2D eigenvalue weighted by Gasteiger charge is 2.28. The van der Waals surface area contributed by atoms with Crippen molar-refractivity contribution in [3.8, 4) is 0 Å². The molecule has 1 N–H and O–H groups in total. The number of benzene rings is 1. The van der Waals surface area contributed by atoms with Crippen LogP contribution in [0.2, 0.25) is 0 Å². The molecule has 0 radical (unpaired) electrons. The number of hydrogen-bond donors (Lipinski definition) is 1. The van der Waals surface area contributed by atoms with E-state index in [1.54, 1.807) is 12.1 Å². The first-order chi connectivity index (χ1) is 11.5. The van der Waals surface area contributed by atoms with Crippen LogP contribution in [0.25, 0.3) is 0 Å². The number of hydrogen-bond acceptors (Lipinski definition) is 5. The Morgan fingerprint density at radius 2 is 2.00 bits per heavy atom. The van der Waals surface area contributed by atoms with Crippen LogP contribution in [-0.2, 0) is 17.7 Å². The summed E-state index contributed by atoms with van der Waals surface area (Å²) in [5, 5.41) is 3.47. The van der Waals surface area contributed by atoms with E-state index in [0.717, 1.165) is 33.5 Å². The van der Waals surface area contributed by atoms with Gasteiger partial charge < -0.3 is 15.0 Å². The Morgan fingerprint density at radius 3 is 2.67 bits per heavy atom. The van der Waals surface area contributed by atoms with Crippen molar-refractivity contribution >= 4 is 50.8 Å². The molecular formula is C17H17IN2O3S. The topological polar surface area (TPSA) is 58.6 Å². The lowest BCUT2D eigenvalue weighted by Crippen LogP contribution is -2.26. The first kappa shape index (κ1) is 17.4. The third kappa shape index (κ3) is 3.47. The summed E-state index contributed by atoms with van der Waals surface area (Å²) in [5.41, 5.74) is 2.07. The molecule has 1 amide bonds. The second-order valence-corrected chi connectivity index (χ2v) is 8.00. The van der Waals surface area contributed by atoms with Gasteiger partial charge >= 0.3 is 5.97 Å². The summed E-state index contributed by atoms with van der Waals surface area (Å²) in [5.74, 6) is -0.613. The fourth-order valence-electron chi connectivity index (χ4n) is 2.71. The van der Waals surface area contributed by atoms with E-state index in [-0.39, 0.29) is 5.91 Å². The predicted octanol–water partition coefficient (Wildman–Crippen LogP) is 3.38. The van der Waals surface area contributed by atoms with E-state index in [1.165, 1.54) is 18.4 Å². The highest BCUT2D eigenvalue weighted by Crippen LogP contribution is 2.37. The molecule has 0 aliphatic carbocycles. The molecule has 2 aromatic rings. The van der Waals surface area contributed by atoms with Crippen molar-refractivity contribution < 1.29 is 14.3 Å². The van der Waals surface area contributed by atoms with Crippen molar-refractivity contribution in [1.29, 1.82) is 0 Å². The molecule has 0 fully saturated rings. The van der Waals surface area contributed by atoms with Crippen LogP contribution in [0, 0.1) is 3.57 Å². The number of carbonyl (C=O) groups is 2. The van der Waals surface area contributed by atoms with E-state index in [2.05, 4.69) is 32.8 Å². The van der Waals surface area contributed by atoms with E-state index in [0.29, 0.717) is 16.1 Å². The monoisotopic (exact) mass is 456 g/mol. The highest BCUT2D eigenvalue weighted by molar-refractivity contribution is 14.1. The Labute approximate surface area is 158 Å². The third-order valence-corrected chi connectivity index (χ3v) is 5.82. The van der Waals surface area contributed by atoms with E-state index >= 15 is 0 Å². The maximum atomic E-state index is 12.5. The lowest BCUT2D eigenvalue weighted by atomic mass is 10.0. The Hall–Kier alpha value is -1.45.